The molecule has 0 aliphatic rings. The van der Waals surface area contributed by atoms with Crippen LogP contribution in [0.3, 0.4) is 0 Å². The predicted octanol–water partition coefficient (Wildman–Crippen LogP) is 2.45. The fraction of sp³-hybridized carbons (Fsp3) is 0.188. The van der Waals surface area contributed by atoms with Gasteiger partial charge in [0.15, 0.2) is 0 Å². The van der Waals surface area contributed by atoms with Crippen molar-refractivity contribution in [3.8, 4) is 0 Å². The Morgan fingerprint density at radius 1 is 1.09 bits per heavy atom. The van der Waals surface area contributed by atoms with Gasteiger partial charge in [0.25, 0.3) is 0 Å². The van der Waals surface area contributed by atoms with E-state index in [1.54, 1.807) is 18.3 Å². The molecular formula is C16H16BrN3O2. The number of hydrogen-bond acceptors (Lipinski definition) is 3. The minimum atomic E-state index is -0.266. The third kappa shape index (κ3) is 5.29. The summed E-state index contributed by atoms with van der Waals surface area (Å²) in [5, 5.41) is 5.30. The summed E-state index contributed by atoms with van der Waals surface area (Å²) in [5.41, 5.74) is 2.40. The lowest BCUT2D eigenvalue weighted by Crippen LogP contribution is -2.33. The van der Waals surface area contributed by atoms with Gasteiger partial charge in [0.05, 0.1) is 13.0 Å². The SMILES string of the molecule is Cc1ccc(CC(=O)NCC(=O)Nc2ccc(Br)cc2)cn1. The Hall–Kier alpha value is -2.21. The second-order valence-corrected chi connectivity index (χ2v) is 5.73. The number of amides is 2. The van der Waals surface area contributed by atoms with Crippen molar-refractivity contribution in [2.24, 2.45) is 0 Å². The van der Waals surface area contributed by atoms with Gasteiger partial charge in [0.1, 0.15) is 0 Å². The highest BCUT2D eigenvalue weighted by Gasteiger charge is 2.07. The summed E-state index contributed by atoms with van der Waals surface area (Å²) in [6.07, 6.45) is 1.87. The van der Waals surface area contributed by atoms with Crippen LogP contribution < -0.4 is 10.6 Å². The highest BCUT2D eigenvalue weighted by molar-refractivity contribution is 9.10. The van der Waals surface area contributed by atoms with Crippen LogP contribution in [0.5, 0.6) is 0 Å². The molecule has 6 heteroatoms. The van der Waals surface area contributed by atoms with Crippen LogP contribution in [-0.4, -0.2) is 23.3 Å². The van der Waals surface area contributed by atoms with Crippen LogP contribution in [0.4, 0.5) is 5.69 Å². The Morgan fingerprint density at radius 2 is 1.82 bits per heavy atom. The molecule has 0 fully saturated rings. The van der Waals surface area contributed by atoms with Crippen LogP contribution in [0.25, 0.3) is 0 Å². The molecule has 2 rings (SSSR count). The minimum Gasteiger partial charge on any atom is -0.347 e. The van der Waals surface area contributed by atoms with E-state index in [2.05, 4.69) is 31.5 Å². The average Bonchev–Trinajstić information content (AvgIpc) is 2.50. The number of carbonyl (C=O) groups excluding carboxylic acids is 2. The molecule has 0 unspecified atom stereocenters. The molecule has 0 aliphatic heterocycles. The van der Waals surface area contributed by atoms with Gasteiger partial charge in [-0.25, -0.2) is 0 Å². The molecule has 5 nitrogen and oxygen atoms in total. The summed E-state index contributed by atoms with van der Waals surface area (Å²) in [6, 6.07) is 10.9. The van der Waals surface area contributed by atoms with Gasteiger partial charge in [-0.2, -0.15) is 0 Å². The molecule has 0 saturated carbocycles. The first-order valence-electron chi connectivity index (χ1n) is 6.76. The summed E-state index contributed by atoms with van der Waals surface area (Å²) in [6.45, 7) is 1.82. The number of benzene rings is 1. The van der Waals surface area contributed by atoms with Crippen molar-refractivity contribution in [1.82, 2.24) is 10.3 Å². The van der Waals surface area contributed by atoms with E-state index in [9.17, 15) is 9.59 Å². The van der Waals surface area contributed by atoms with Gasteiger partial charge in [-0.1, -0.05) is 22.0 Å². The first kappa shape index (κ1) is 16.2. The van der Waals surface area contributed by atoms with E-state index in [1.165, 1.54) is 0 Å². The lowest BCUT2D eigenvalue weighted by atomic mass is 10.2. The van der Waals surface area contributed by atoms with Gasteiger partial charge in [0.2, 0.25) is 11.8 Å². The third-order valence-corrected chi connectivity index (χ3v) is 3.44. The Morgan fingerprint density at radius 3 is 2.45 bits per heavy atom. The number of pyridine rings is 1. The number of nitrogens with one attached hydrogen (secondary N) is 2. The fourth-order valence-electron chi connectivity index (χ4n) is 1.77. The average molecular weight is 362 g/mol. The molecule has 2 aromatic rings. The molecule has 1 aromatic heterocycles. The van der Waals surface area contributed by atoms with Crippen molar-refractivity contribution in [3.63, 3.8) is 0 Å². The lowest BCUT2D eigenvalue weighted by Gasteiger charge is -2.07. The van der Waals surface area contributed by atoms with E-state index in [1.807, 2.05) is 31.2 Å². The Labute approximate surface area is 137 Å². The van der Waals surface area contributed by atoms with Crippen molar-refractivity contribution < 1.29 is 9.59 Å². The highest BCUT2D eigenvalue weighted by atomic mass is 79.9. The molecule has 0 atom stereocenters. The maximum Gasteiger partial charge on any atom is 0.243 e. The van der Waals surface area contributed by atoms with Gasteiger partial charge in [-0.3, -0.25) is 14.6 Å². The van der Waals surface area contributed by atoms with Crippen molar-refractivity contribution in [2.45, 2.75) is 13.3 Å². The number of aryl methyl sites for hydroxylation is 1. The number of rotatable bonds is 5. The Kier molecular flexibility index (Phi) is 5.66. The summed E-state index contributed by atoms with van der Waals surface area (Å²) in [5.74, 6) is -0.477. The number of hydrogen-bond donors (Lipinski definition) is 2. The maximum absolute atomic E-state index is 11.8. The summed E-state index contributed by atoms with van der Waals surface area (Å²) < 4.78 is 0.936. The van der Waals surface area contributed by atoms with Crippen LogP contribution in [0, 0.1) is 6.92 Å². The molecule has 0 radical (unpaired) electrons. The molecule has 0 saturated heterocycles. The number of nitrogens with zero attached hydrogens (tertiary/aromatic N) is 1. The molecule has 1 aromatic carbocycles. The van der Waals surface area contributed by atoms with E-state index in [-0.39, 0.29) is 24.8 Å². The third-order valence-electron chi connectivity index (χ3n) is 2.91. The van der Waals surface area contributed by atoms with Crippen LogP contribution >= 0.6 is 15.9 Å². The molecule has 1 heterocycles. The first-order valence-corrected chi connectivity index (χ1v) is 7.56. The Bertz CT molecular complexity index is 595. The summed E-state index contributed by atoms with van der Waals surface area (Å²) in [4.78, 5) is 27.7. The molecule has 22 heavy (non-hydrogen) atoms. The summed E-state index contributed by atoms with van der Waals surface area (Å²) in [7, 11) is 0. The maximum atomic E-state index is 11.8. The molecular weight excluding hydrogens is 346 g/mol. The number of halogens is 1. The van der Waals surface area contributed by atoms with E-state index in [0.717, 1.165) is 15.7 Å². The van der Waals surface area contributed by atoms with Crippen LogP contribution in [0.15, 0.2) is 47.1 Å². The number of carbonyl (C=O) groups is 2. The van der Waals surface area contributed by atoms with Crippen molar-refractivity contribution in [1.29, 1.82) is 0 Å². The van der Waals surface area contributed by atoms with E-state index < -0.39 is 0 Å². The molecule has 0 aliphatic carbocycles. The van der Waals surface area contributed by atoms with Gasteiger partial charge in [-0.15, -0.1) is 0 Å². The van der Waals surface area contributed by atoms with Crippen molar-refractivity contribution in [2.75, 3.05) is 11.9 Å². The number of aromatic nitrogens is 1. The smallest absolute Gasteiger partial charge is 0.243 e. The van der Waals surface area contributed by atoms with E-state index in [0.29, 0.717) is 5.69 Å². The molecule has 2 amide bonds. The molecule has 0 spiro atoms. The Balaban J connectivity index is 1.76. The van der Waals surface area contributed by atoms with Crippen LogP contribution in [0.2, 0.25) is 0 Å². The van der Waals surface area contributed by atoms with Gasteiger partial charge < -0.3 is 10.6 Å². The van der Waals surface area contributed by atoms with E-state index in [4.69, 9.17) is 0 Å². The standard InChI is InChI=1S/C16H16BrN3O2/c1-11-2-3-12(9-18-11)8-15(21)19-10-16(22)20-14-6-4-13(17)5-7-14/h2-7,9H,8,10H2,1H3,(H,19,21)(H,20,22). The quantitative estimate of drug-likeness (QED) is 0.858. The van der Waals surface area contributed by atoms with Gasteiger partial charge in [0, 0.05) is 22.1 Å². The van der Waals surface area contributed by atoms with Crippen molar-refractivity contribution >= 4 is 33.4 Å². The second-order valence-electron chi connectivity index (χ2n) is 4.82. The summed E-state index contributed by atoms with van der Waals surface area (Å²) >= 11 is 3.32. The molecule has 0 bridgehead atoms. The van der Waals surface area contributed by atoms with E-state index >= 15 is 0 Å². The number of anilines is 1. The monoisotopic (exact) mass is 361 g/mol. The predicted molar refractivity (Wildman–Crippen MR) is 88.5 cm³/mol. The zero-order valence-electron chi connectivity index (χ0n) is 12.1. The van der Waals surface area contributed by atoms with Crippen LogP contribution in [-0.2, 0) is 16.0 Å². The lowest BCUT2D eigenvalue weighted by molar-refractivity contribution is -0.123. The topological polar surface area (TPSA) is 71.1 Å². The molecule has 2 N–H and O–H groups in total. The first-order chi connectivity index (χ1) is 10.5. The zero-order chi connectivity index (χ0) is 15.9. The fourth-order valence-corrected chi connectivity index (χ4v) is 2.03. The van der Waals surface area contributed by atoms with Crippen molar-refractivity contribution in [3.05, 3.63) is 58.3 Å². The minimum absolute atomic E-state index is 0.0613. The van der Waals surface area contributed by atoms with Gasteiger partial charge >= 0.3 is 0 Å². The van der Waals surface area contributed by atoms with Gasteiger partial charge in [-0.05, 0) is 42.8 Å². The normalized spacial score (nSPS) is 10.1. The molecule has 114 valence electrons. The second kappa shape index (κ2) is 7.70. The highest BCUT2D eigenvalue weighted by Crippen LogP contribution is 2.13. The largest absolute Gasteiger partial charge is 0.347 e. The van der Waals surface area contributed by atoms with Crippen LogP contribution in [0.1, 0.15) is 11.3 Å². The zero-order valence-corrected chi connectivity index (χ0v) is 13.7.